The fraction of sp³-hybridized carbons (Fsp3) is 0.321. The number of carboxylic acid groups (broad SMARTS) is 1. The summed E-state index contributed by atoms with van der Waals surface area (Å²) in [6, 6.07) is 20.6. The number of benzene rings is 2. The number of pyridine rings is 1. The number of hydrogen-bond donors (Lipinski definition) is 2. The van der Waals surface area contributed by atoms with Gasteiger partial charge in [-0.1, -0.05) is 42.5 Å². The lowest BCUT2D eigenvalue weighted by molar-refractivity contribution is -0.135. The number of nitrogens with zero attached hydrogens (tertiary/aromatic N) is 2. The smallest absolute Gasteiger partial charge is 0.416 e. The first kappa shape index (κ1) is 26.7. The Bertz CT molecular complexity index is 1190. The first-order valence-corrected chi connectivity index (χ1v) is 11.8. The Balaban J connectivity index is 1.75. The third-order valence-corrected chi connectivity index (χ3v) is 5.21. The second-order valence-electron chi connectivity index (χ2n) is 9.35. The van der Waals surface area contributed by atoms with Crippen LogP contribution in [0.4, 0.5) is 10.6 Å². The zero-order valence-corrected chi connectivity index (χ0v) is 21.1. The van der Waals surface area contributed by atoms with Crippen LogP contribution in [0.2, 0.25) is 0 Å². The number of rotatable bonds is 9. The summed E-state index contributed by atoms with van der Waals surface area (Å²) in [6.45, 7) is 7.13. The van der Waals surface area contributed by atoms with E-state index in [1.54, 1.807) is 39.0 Å². The van der Waals surface area contributed by atoms with Gasteiger partial charge in [0.1, 0.15) is 23.7 Å². The zero-order valence-electron chi connectivity index (χ0n) is 21.1. The van der Waals surface area contributed by atoms with E-state index in [4.69, 9.17) is 15.2 Å². The van der Waals surface area contributed by atoms with Crippen LogP contribution in [-0.2, 0) is 16.0 Å². The maximum absolute atomic E-state index is 12.6. The molecule has 0 aliphatic carbocycles. The topological polar surface area (TPSA) is 115 Å². The van der Waals surface area contributed by atoms with E-state index in [1.807, 2.05) is 55.5 Å². The maximum Gasteiger partial charge on any atom is 0.416 e. The van der Waals surface area contributed by atoms with Crippen LogP contribution < -0.4 is 15.4 Å². The van der Waals surface area contributed by atoms with Gasteiger partial charge >= 0.3 is 12.1 Å². The van der Waals surface area contributed by atoms with E-state index in [1.165, 1.54) is 0 Å². The molecule has 8 heteroatoms. The molecule has 190 valence electrons. The van der Waals surface area contributed by atoms with Gasteiger partial charge in [-0.15, -0.1) is 0 Å². The highest BCUT2D eigenvalue weighted by Gasteiger charge is 2.26. The normalized spacial score (nSPS) is 12.0. The molecule has 2 aromatic carbocycles. The molecule has 3 rings (SSSR count). The fourth-order valence-electron chi connectivity index (χ4n) is 3.61. The molecule has 3 N–H and O–H groups in total. The predicted octanol–water partition coefficient (Wildman–Crippen LogP) is 5.22. The first-order chi connectivity index (χ1) is 17.1. The Morgan fingerprint density at radius 1 is 1.03 bits per heavy atom. The highest BCUT2D eigenvalue weighted by atomic mass is 16.6. The Hall–Kier alpha value is -3.91. The van der Waals surface area contributed by atoms with Gasteiger partial charge in [0.05, 0.1) is 18.3 Å². The van der Waals surface area contributed by atoms with Crippen LogP contribution in [0.1, 0.15) is 45.0 Å². The second kappa shape index (κ2) is 11.7. The van der Waals surface area contributed by atoms with Crippen molar-refractivity contribution in [1.29, 1.82) is 0 Å². The monoisotopic (exact) mass is 491 g/mol. The number of amides is 1. The molecule has 36 heavy (non-hydrogen) atoms. The molecule has 1 unspecified atom stereocenters. The standard InChI is InChI=1S/C28H33N3O5/c1-5-35-22-9-6-8-21(17-22)20-14-12-19(13-15-20)16-23(29)24-10-7-11-25(30-24)31(18-26(32)33)27(34)36-28(2,3)4/h6-15,17,23H,5,16,18,29H2,1-4H3,(H,32,33). The van der Waals surface area contributed by atoms with E-state index in [2.05, 4.69) is 4.98 Å². The molecule has 0 spiro atoms. The van der Waals surface area contributed by atoms with Crippen LogP contribution in [-0.4, -0.2) is 40.9 Å². The van der Waals surface area contributed by atoms with E-state index < -0.39 is 30.3 Å². The van der Waals surface area contributed by atoms with Crippen LogP contribution in [0.3, 0.4) is 0 Å². The van der Waals surface area contributed by atoms with E-state index in [-0.39, 0.29) is 5.82 Å². The number of carboxylic acids is 1. The SMILES string of the molecule is CCOc1cccc(-c2ccc(CC(N)c3cccc(N(CC(=O)O)C(=O)OC(C)(C)C)n3)cc2)c1. The molecule has 3 aromatic rings. The van der Waals surface area contributed by atoms with Crippen molar-refractivity contribution in [3.8, 4) is 16.9 Å². The van der Waals surface area contributed by atoms with E-state index in [0.717, 1.165) is 27.3 Å². The van der Waals surface area contributed by atoms with Gasteiger partial charge in [-0.05, 0) is 75.1 Å². The molecule has 1 amide bonds. The highest BCUT2D eigenvalue weighted by Crippen LogP contribution is 2.26. The number of ether oxygens (including phenoxy) is 2. The second-order valence-corrected chi connectivity index (χ2v) is 9.35. The third kappa shape index (κ3) is 7.55. The van der Waals surface area contributed by atoms with Crippen LogP contribution in [0, 0.1) is 0 Å². The molecule has 0 radical (unpaired) electrons. The molecule has 0 fully saturated rings. The van der Waals surface area contributed by atoms with E-state index in [0.29, 0.717) is 18.7 Å². The van der Waals surface area contributed by atoms with Gasteiger partial charge in [0.15, 0.2) is 0 Å². The zero-order chi connectivity index (χ0) is 26.3. The van der Waals surface area contributed by atoms with Crippen LogP contribution in [0.5, 0.6) is 5.75 Å². The minimum Gasteiger partial charge on any atom is -0.494 e. The van der Waals surface area contributed by atoms with Gasteiger partial charge in [0.25, 0.3) is 0 Å². The molecule has 1 aromatic heterocycles. The molecular formula is C28H33N3O5. The van der Waals surface area contributed by atoms with E-state index in [9.17, 15) is 14.7 Å². The Kier molecular flexibility index (Phi) is 8.66. The molecule has 0 bridgehead atoms. The van der Waals surface area contributed by atoms with Gasteiger partial charge in [-0.3, -0.25) is 9.69 Å². The number of aromatic nitrogens is 1. The summed E-state index contributed by atoms with van der Waals surface area (Å²) < 4.78 is 11.0. The van der Waals surface area contributed by atoms with Crippen molar-refractivity contribution in [1.82, 2.24) is 4.98 Å². The lowest BCUT2D eigenvalue weighted by Crippen LogP contribution is -2.40. The average Bonchev–Trinajstić information content (AvgIpc) is 2.82. The number of nitrogens with two attached hydrogens (primary N) is 1. The average molecular weight is 492 g/mol. The summed E-state index contributed by atoms with van der Waals surface area (Å²) in [5.74, 6) is -0.177. The predicted molar refractivity (Wildman–Crippen MR) is 139 cm³/mol. The van der Waals surface area contributed by atoms with Crippen LogP contribution >= 0.6 is 0 Å². The first-order valence-electron chi connectivity index (χ1n) is 11.8. The van der Waals surface area contributed by atoms with Crippen LogP contribution in [0.25, 0.3) is 11.1 Å². The van der Waals surface area contributed by atoms with Crippen molar-refractivity contribution in [2.45, 2.75) is 45.8 Å². The summed E-state index contributed by atoms with van der Waals surface area (Å²) in [6.07, 6.45) is -0.270. The lowest BCUT2D eigenvalue weighted by Gasteiger charge is -2.26. The van der Waals surface area contributed by atoms with Gasteiger partial charge in [0.2, 0.25) is 0 Å². The number of carbonyl (C=O) groups is 2. The van der Waals surface area contributed by atoms with E-state index >= 15 is 0 Å². The third-order valence-electron chi connectivity index (χ3n) is 5.21. The highest BCUT2D eigenvalue weighted by molar-refractivity contribution is 5.92. The van der Waals surface area contributed by atoms with Crippen molar-refractivity contribution < 1.29 is 24.2 Å². The number of hydrogen-bond acceptors (Lipinski definition) is 6. The Morgan fingerprint density at radius 2 is 1.72 bits per heavy atom. The van der Waals surface area contributed by atoms with Crippen molar-refractivity contribution in [3.05, 3.63) is 78.0 Å². The number of anilines is 1. The largest absolute Gasteiger partial charge is 0.494 e. The quantitative estimate of drug-likeness (QED) is 0.422. The Labute approximate surface area is 211 Å². The summed E-state index contributed by atoms with van der Waals surface area (Å²) in [7, 11) is 0. The Morgan fingerprint density at radius 3 is 2.36 bits per heavy atom. The summed E-state index contributed by atoms with van der Waals surface area (Å²) in [5, 5.41) is 9.30. The maximum atomic E-state index is 12.6. The molecule has 0 saturated heterocycles. The summed E-state index contributed by atoms with van der Waals surface area (Å²) in [4.78, 5) is 29.5. The number of carbonyl (C=O) groups excluding carboxylic acids is 1. The summed E-state index contributed by atoms with van der Waals surface area (Å²) >= 11 is 0. The minimum absolute atomic E-state index is 0.170. The molecule has 8 nitrogen and oxygen atoms in total. The van der Waals surface area contributed by atoms with Gasteiger partial charge in [-0.25, -0.2) is 9.78 Å². The lowest BCUT2D eigenvalue weighted by atomic mass is 9.99. The molecule has 1 heterocycles. The van der Waals surface area contributed by atoms with Gasteiger partial charge in [-0.2, -0.15) is 0 Å². The van der Waals surface area contributed by atoms with Gasteiger partial charge < -0.3 is 20.3 Å². The van der Waals surface area contributed by atoms with Gasteiger partial charge in [0, 0.05) is 0 Å². The fourth-order valence-corrected chi connectivity index (χ4v) is 3.61. The molecular weight excluding hydrogens is 458 g/mol. The minimum atomic E-state index is -1.18. The molecule has 1 atom stereocenters. The molecule has 0 aliphatic rings. The number of aliphatic carboxylic acids is 1. The van der Waals surface area contributed by atoms with Crippen molar-refractivity contribution in [3.63, 3.8) is 0 Å². The van der Waals surface area contributed by atoms with Crippen molar-refractivity contribution >= 4 is 17.9 Å². The van der Waals surface area contributed by atoms with Crippen LogP contribution in [0.15, 0.2) is 66.7 Å². The summed E-state index contributed by atoms with van der Waals surface area (Å²) in [5.41, 5.74) is 9.36. The molecule has 0 saturated carbocycles. The van der Waals surface area contributed by atoms with Crippen molar-refractivity contribution in [2.75, 3.05) is 18.1 Å². The van der Waals surface area contributed by atoms with Crippen molar-refractivity contribution in [2.24, 2.45) is 5.73 Å². The molecule has 0 aliphatic heterocycles.